The van der Waals surface area contributed by atoms with E-state index in [1.807, 2.05) is 6.07 Å². The van der Waals surface area contributed by atoms with E-state index >= 15 is 0 Å². The summed E-state index contributed by atoms with van der Waals surface area (Å²) in [6.07, 6.45) is 6.49. The maximum atomic E-state index is 12.7. The number of piperidine rings is 1. The molecule has 12 nitrogen and oxygen atoms in total. The van der Waals surface area contributed by atoms with E-state index in [-0.39, 0.29) is 17.3 Å². The van der Waals surface area contributed by atoms with Crippen LogP contribution in [0.1, 0.15) is 41.1 Å². The molecule has 1 fully saturated rings. The summed E-state index contributed by atoms with van der Waals surface area (Å²) in [5, 5.41) is 19.4. The van der Waals surface area contributed by atoms with E-state index < -0.39 is 5.91 Å². The molecule has 3 aromatic rings. The summed E-state index contributed by atoms with van der Waals surface area (Å²) in [5.41, 5.74) is 9.56. The number of aromatic nitrogens is 6. The minimum absolute atomic E-state index is 0.0647. The van der Waals surface area contributed by atoms with Gasteiger partial charge in [0.05, 0.1) is 17.6 Å². The van der Waals surface area contributed by atoms with Crippen molar-refractivity contribution in [2.24, 2.45) is 5.10 Å². The predicted octanol–water partition coefficient (Wildman–Crippen LogP) is 0.377. The van der Waals surface area contributed by atoms with Gasteiger partial charge < -0.3 is 5.73 Å². The second-order valence-electron chi connectivity index (χ2n) is 6.56. The number of anilines is 1. The number of carbonyl (C=O) groups excluding carboxylic acids is 1. The van der Waals surface area contributed by atoms with Gasteiger partial charge in [0.25, 0.3) is 5.91 Å². The van der Waals surface area contributed by atoms with Crippen LogP contribution < -0.4 is 11.2 Å². The smallest absolute Gasteiger partial charge is 0.293 e. The first-order chi connectivity index (χ1) is 14.2. The zero-order valence-corrected chi connectivity index (χ0v) is 15.6. The Morgan fingerprint density at radius 3 is 2.86 bits per heavy atom. The fourth-order valence-electron chi connectivity index (χ4n) is 3.12. The van der Waals surface area contributed by atoms with Gasteiger partial charge >= 0.3 is 0 Å². The summed E-state index contributed by atoms with van der Waals surface area (Å²) in [6, 6.07) is 5.40. The molecule has 150 valence electrons. The van der Waals surface area contributed by atoms with E-state index in [0.717, 1.165) is 25.9 Å². The van der Waals surface area contributed by atoms with Gasteiger partial charge in [-0.05, 0) is 48.4 Å². The summed E-state index contributed by atoms with van der Waals surface area (Å²) in [6.45, 7) is 2.32. The topological polar surface area (TPSA) is 153 Å². The van der Waals surface area contributed by atoms with Gasteiger partial charge in [0.15, 0.2) is 5.69 Å². The van der Waals surface area contributed by atoms with Crippen LogP contribution in [0.5, 0.6) is 0 Å². The van der Waals surface area contributed by atoms with E-state index in [0.29, 0.717) is 17.9 Å². The average Bonchev–Trinajstić information content (AvgIpc) is 3.35. The monoisotopic (exact) mass is 396 g/mol. The molecule has 29 heavy (non-hydrogen) atoms. The van der Waals surface area contributed by atoms with Crippen LogP contribution in [0, 0.1) is 0 Å². The molecule has 1 saturated heterocycles. The molecule has 0 aliphatic carbocycles. The van der Waals surface area contributed by atoms with Gasteiger partial charge in [0, 0.05) is 12.7 Å². The molecule has 1 aliphatic rings. The molecule has 0 unspecified atom stereocenters. The van der Waals surface area contributed by atoms with Crippen LogP contribution in [0.3, 0.4) is 0 Å². The Morgan fingerprint density at radius 1 is 1.28 bits per heavy atom. The molecule has 0 atom stereocenters. The van der Waals surface area contributed by atoms with Crippen molar-refractivity contribution < 1.29 is 9.42 Å². The predicted molar refractivity (Wildman–Crippen MR) is 102 cm³/mol. The number of nitrogens with zero attached hydrogens (tertiary/aromatic N) is 8. The van der Waals surface area contributed by atoms with E-state index in [1.54, 1.807) is 18.3 Å². The van der Waals surface area contributed by atoms with Gasteiger partial charge in [-0.15, -0.1) is 5.10 Å². The highest BCUT2D eigenvalue weighted by atomic mass is 16.6. The summed E-state index contributed by atoms with van der Waals surface area (Å²) in [5.74, 6) is -0.235. The lowest BCUT2D eigenvalue weighted by Crippen LogP contribution is -2.31. The molecule has 0 spiro atoms. The SMILES string of the molecule is Nc1nonc1-n1nnc(C(=O)N/N=C\c2ccccn2)c1CN1CCCCC1. The number of amides is 1. The molecule has 1 amide bonds. The second-order valence-corrected chi connectivity index (χ2v) is 6.56. The highest BCUT2D eigenvalue weighted by molar-refractivity contribution is 5.94. The number of pyridine rings is 1. The van der Waals surface area contributed by atoms with E-state index in [1.165, 1.54) is 17.3 Å². The Kier molecular flexibility index (Phi) is 5.52. The molecule has 0 bridgehead atoms. The largest absolute Gasteiger partial charge is 0.378 e. The minimum Gasteiger partial charge on any atom is -0.378 e. The lowest BCUT2D eigenvalue weighted by Gasteiger charge is -2.26. The molecule has 4 heterocycles. The van der Waals surface area contributed by atoms with Gasteiger partial charge in [0.1, 0.15) is 0 Å². The lowest BCUT2D eigenvalue weighted by molar-refractivity contribution is 0.0947. The first-order valence-electron chi connectivity index (χ1n) is 9.22. The number of carbonyl (C=O) groups is 1. The van der Waals surface area contributed by atoms with Crippen LogP contribution in [0.25, 0.3) is 5.82 Å². The van der Waals surface area contributed by atoms with Gasteiger partial charge in [0.2, 0.25) is 11.6 Å². The average molecular weight is 396 g/mol. The Balaban J connectivity index is 1.58. The highest BCUT2D eigenvalue weighted by Gasteiger charge is 2.26. The van der Waals surface area contributed by atoms with Crippen molar-refractivity contribution in [3.63, 3.8) is 0 Å². The zero-order chi connectivity index (χ0) is 20.1. The molecule has 1 aliphatic heterocycles. The number of nitrogen functional groups attached to an aromatic ring is 1. The van der Waals surface area contributed by atoms with E-state index in [4.69, 9.17) is 5.73 Å². The Hall–Kier alpha value is -3.67. The number of hydrazone groups is 1. The van der Waals surface area contributed by atoms with Crippen molar-refractivity contribution in [1.82, 2.24) is 40.6 Å². The van der Waals surface area contributed by atoms with Gasteiger partial charge in [-0.1, -0.05) is 17.7 Å². The second kappa shape index (κ2) is 8.56. The van der Waals surface area contributed by atoms with Crippen molar-refractivity contribution in [1.29, 1.82) is 0 Å². The molecule has 0 radical (unpaired) electrons. The molecular formula is C17H20N10O2. The number of likely N-dealkylation sites (tertiary alicyclic amines) is 1. The molecule has 0 saturated carbocycles. The summed E-state index contributed by atoms with van der Waals surface area (Å²) in [7, 11) is 0. The number of hydrogen-bond donors (Lipinski definition) is 2. The van der Waals surface area contributed by atoms with E-state index in [2.05, 4.69) is 45.7 Å². The standard InChI is InChI=1S/C17H20N10O2/c18-15-16(24-29-23-15)27-13(11-26-8-4-1-5-9-26)14(21-25-27)17(28)22-20-10-12-6-2-3-7-19-12/h2-3,6-7,10H,1,4-5,8-9,11H2,(H2,18,23)(H,22,28)/b20-10-. The Morgan fingerprint density at radius 2 is 2.14 bits per heavy atom. The van der Waals surface area contributed by atoms with Crippen molar-refractivity contribution in [2.75, 3.05) is 18.8 Å². The van der Waals surface area contributed by atoms with E-state index in [9.17, 15) is 4.79 Å². The van der Waals surface area contributed by atoms with Gasteiger partial charge in [-0.25, -0.2) is 10.1 Å². The fraction of sp³-hybridized carbons (Fsp3) is 0.353. The molecule has 3 N–H and O–H groups in total. The number of hydrogen-bond acceptors (Lipinski definition) is 10. The third kappa shape index (κ3) is 4.27. The first-order valence-corrected chi connectivity index (χ1v) is 9.22. The van der Waals surface area contributed by atoms with Crippen LogP contribution in [0.2, 0.25) is 0 Å². The Bertz CT molecular complexity index is 991. The molecular weight excluding hydrogens is 376 g/mol. The van der Waals surface area contributed by atoms with Crippen molar-refractivity contribution in [3.05, 3.63) is 41.5 Å². The molecule has 3 aromatic heterocycles. The van der Waals surface area contributed by atoms with Crippen LogP contribution in [-0.4, -0.2) is 60.4 Å². The van der Waals surface area contributed by atoms with Crippen molar-refractivity contribution in [3.8, 4) is 5.82 Å². The zero-order valence-electron chi connectivity index (χ0n) is 15.6. The third-order valence-corrected chi connectivity index (χ3v) is 4.55. The number of nitrogens with two attached hydrogens (primary N) is 1. The third-order valence-electron chi connectivity index (χ3n) is 4.55. The maximum Gasteiger partial charge on any atom is 0.293 e. The van der Waals surface area contributed by atoms with Crippen LogP contribution in [0.4, 0.5) is 5.82 Å². The summed E-state index contributed by atoms with van der Waals surface area (Å²) in [4.78, 5) is 19.0. The first kappa shape index (κ1) is 18.7. The quantitative estimate of drug-likeness (QED) is 0.444. The maximum absolute atomic E-state index is 12.7. The van der Waals surface area contributed by atoms with Crippen LogP contribution >= 0.6 is 0 Å². The molecule has 0 aromatic carbocycles. The van der Waals surface area contributed by atoms with Gasteiger partial charge in [-0.2, -0.15) is 9.78 Å². The summed E-state index contributed by atoms with van der Waals surface area (Å²) >= 11 is 0. The van der Waals surface area contributed by atoms with Gasteiger partial charge in [-0.3, -0.25) is 14.7 Å². The van der Waals surface area contributed by atoms with Crippen molar-refractivity contribution in [2.45, 2.75) is 25.8 Å². The minimum atomic E-state index is -0.495. The highest BCUT2D eigenvalue weighted by Crippen LogP contribution is 2.19. The lowest BCUT2D eigenvalue weighted by atomic mass is 10.1. The Labute approximate surface area is 165 Å². The van der Waals surface area contributed by atoms with Crippen molar-refractivity contribution >= 4 is 17.9 Å². The molecule has 12 heteroatoms. The normalized spacial score (nSPS) is 15.0. The number of nitrogens with one attached hydrogen (secondary N) is 1. The fourth-order valence-corrected chi connectivity index (χ4v) is 3.12. The number of rotatable bonds is 6. The summed E-state index contributed by atoms with van der Waals surface area (Å²) < 4.78 is 6.06. The van der Waals surface area contributed by atoms with Crippen LogP contribution in [0.15, 0.2) is 34.1 Å². The van der Waals surface area contributed by atoms with Crippen LogP contribution in [-0.2, 0) is 6.54 Å². The molecule has 4 rings (SSSR count).